The summed E-state index contributed by atoms with van der Waals surface area (Å²) >= 11 is 13.7. The number of benzene rings is 3. The molecule has 0 aliphatic heterocycles. The first-order chi connectivity index (χ1) is 14.1. The van der Waals surface area contributed by atoms with Crippen molar-refractivity contribution in [3.05, 3.63) is 76.3 Å². The van der Waals surface area contributed by atoms with Crippen molar-refractivity contribution in [2.24, 2.45) is 0 Å². The van der Waals surface area contributed by atoms with E-state index in [2.05, 4.69) is 11.4 Å². The number of nitrogens with one attached hydrogen (secondary N) is 1. The van der Waals surface area contributed by atoms with Crippen molar-refractivity contribution < 1.29 is 9.53 Å². The molecule has 0 saturated heterocycles. The predicted molar refractivity (Wildman–Crippen MR) is 124 cm³/mol. The van der Waals surface area contributed by atoms with Gasteiger partial charge < -0.3 is 10.1 Å². The number of hydrogen-bond donors (Lipinski definition) is 1. The minimum absolute atomic E-state index is 0.0872. The molecule has 6 heteroatoms. The van der Waals surface area contributed by atoms with Gasteiger partial charge in [-0.2, -0.15) is 11.8 Å². The highest BCUT2D eigenvalue weighted by Gasteiger charge is 2.18. The molecule has 3 nitrogen and oxygen atoms in total. The average molecular weight is 448 g/mol. The third-order valence-electron chi connectivity index (χ3n) is 4.46. The Kier molecular flexibility index (Phi) is 8.10. The summed E-state index contributed by atoms with van der Waals surface area (Å²) in [5.74, 6) is 2.24. The summed E-state index contributed by atoms with van der Waals surface area (Å²) in [4.78, 5) is 12.5. The second-order valence-electron chi connectivity index (χ2n) is 6.62. The van der Waals surface area contributed by atoms with Gasteiger partial charge in [0.2, 0.25) is 0 Å². The largest absolute Gasteiger partial charge is 0.481 e. The van der Waals surface area contributed by atoms with Gasteiger partial charge in [0.25, 0.3) is 5.91 Å². The van der Waals surface area contributed by atoms with Crippen molar-refractivity contribution in [3.63, 3.8) is 0 Å². The molecule has 0 saturated carbocycles. The Morgan fingerprint density at radius 3 is 2.59 bits per heavy atom. The highest BCUT2D eigenvalue weighted by atomic mass is 35.5. The van der Waals surface area contributed by atoms with E-state index in [9.17, 15) is 4.79 Å². The van der Waals surface area contributed by atoms with E-state index in [0.717, 1.165) is 27.8 Å². The van der Waals surface area contributed by atoms with Gasteiger partial charge in [0, 0.05) is 18.1 Å². The van der Waals surface area contributed by atoms with Gasteiger partial charge in [-0.05, 0) is 47.0 Å². The normalized spacial score (nSPS) is 12.0. The SMILES string of the molecule is CC[C@@H](Oc1ccc2ccccc2c1)C(=O)NCCSCc1ccc(Cl)c(Cl)c1. The van der Waals surface area contributed by atoms with Gasteiger partial charge in [-0.3, -0.25) is 4.79 Å². The quantitative estimate of drug-likeness (QED) is 0.388. The maximum absolute atomic E-state index is 12.5. The molecule has 0 unspecified atom stereocenters. The molecule has 0 spiro atoms. The Bertz CT molecular complexity index is 980. The van der Waals surface area contributed by atoms with E-state index in [1.54, 1.807) is 17.8 Å². The smallest absolute Gasteiger partial charge is 0.261 e. The third kappa shape index (κ3) is 6.30. The molecule has 29 heavy (non-hydrogen) atoms. The number of fused-ring (bicyclic) bond motifs is 1. The standard InChI is InChI=1S/C23H23Cl2NO2S/c1-2-22(28-19-9-8-17-5-3-4-6-18(17)14-19)23(27)26-11-12-29-15-16-7-10-20(24)21(25)13-16/h3-10,13-14,22H,2,11-12,15H2,1H3,(H,26,27)/t22-/m1/s1. The number of rotatable bonds is 9. The summed E-state index contributed by atoms with van der Waals surface area (Å²) in [6.45, 7) is 2.53. The molecule has 0 aliphatic carbocycles. The van der Waals surface area contributed by atoms with E-state index >= 15 is 0 Å². The van der Waals surface area contributed by atoms with E-state index in [1.807, 2.05) is 55.5 Å². The number of carbonyl (C=O) groups is 1. The summed E-state index contributed by atoms with van der Waals surface area (Å²) in [6, 6.07) is 19.6. The lowest BCUT2D eigenvalue weighted by Crippen LogP contribution is -2.39. The van der Waals surface area contributed by atoms with Crippen molar-refractivity contribution in [2.75, 3.05) is 12.3 Å². The summed E-state index contributed by atoms with van der Waals surface area (Å²) < 4.78 is 5.94. The minimum Gasteiger partial charge on any atom is -0.481 e. The molecule has 3 aromatic rings. The van der Waals surface area contributed by atoms with Crippen molar-refractivity contribution >= 4 is 51.6 Å². The highest BCUT2D eigenvalue weighted by Crippen LogP contribution is 2.25. The zero-order valence-corrected chi connectivity index (χ0v) is 18.5. The Morgan fingerprint density at radius 1 is 1.03 bits per heavy atom. The van der Waals surface area contributed by atoms with Crippen molar-refractivity contribution in [3.8, 4) is 5.75 Å². The zero-order chi connectivity index (χ0) is 20.6. The van der Waals surface area contributed by atoms with Crippen LogP contribution in [0.2, 0.25) is 10.0 Å². The first kappa shape index (κ1) is 21.8. The third-order valence-corrected chi connectivity index (χ3v) is 6.23. The second kappa shape index (κ2) is 10.8. The number of ether oxygens (including phenoxy) is 1. The van der Waals surface area contributed by atoms with E-state index < -0.39 is 6.10 Å². The van der Waals surface area contributed by atoms with Gasteiger partial charge in [0.15, 0.2) is 6.10 Å². The molecule has 152 valence electrons. The van der Waals surface area contributed by atoms with E-state index in [-0.39, 0.29) is 5.91 Å². The van der Waals surface area contributed by atoms with Crippen LogP contribution in [0.15, 0.2) is 60.7 Å². The van der Waals surface area contributed by atoms with E-state index in [4.69, 9.17) is 27.9 Å². The monoisotopic (exact) mass is 447 g/mol. The van der Waals surface area contributed by atoms with Crippen LogP contribution in [0.3, 0.4) is 0 Å². The average Bonchev–Trinajstić information content (AvgIpc) is 2.74. The molecule has 3 aromatic carbocycles. The van der Waals surface area contributed by atoms with Crippen LogP contribution in [-0.2, 0) is 10.5 Å². The lowest BCUT2D eigenvalue weighted by molar-refractivity contribution is -0.127. The van der Waals surface area contributed by atoms with Crippen LogP contribution in [0.4, 0.5) is 0 Å². The van der Waals surface area contributed by atoms with E-state index in [0.29, 0.717) is 28.8 Å². The van der Waals surface area contributed by atoms with Crippen LogP contribution in [-0.4, -0.2) is 24.3 Å². The molecular weight excluding hydrogens is 425 g/mol. The summed E-state index contributed by atoms with van der Waals surface area (Å²) in [6.07, 6.45) is 0.103. The van der Waals surface area contributed by atoms with Gasteiger partial charge in [-0.15, -0.1) is 0 Å². The number of halogens is 2. The van der Waals surface area contributed by atoms with Gasteiger partial charge in [-0.1, -0.05) is 66.5 Å². The summed E-state index contributed by atoms with van der Waals surface area (Å²) in [7, 11) is 0. The molecule has 1 N–H and O–H groups in total. The number of carbonyl (C=O) groups excluding carboxylic acids is 1. The molecule has 0 heterocycles. The van der Waals surface area contributed by atoms with Crippen molar-refractivity contribution in [1.29, 1.82) is 0 Å². The molecular formula is C23H23Cl2NO2S. The number of hydrogen-bond acceptors (Lipinski definition) is 3. The second-order valence-corrected chi connectivity index (χ2v) is 8.54. The molecule has 0 bridgehead atoms. The Morgan fingerprint density at radius 2 is 1.83 bits per heavy atom. The van der Waals surface area contributed by atoms with Gasteiger partial charge >= 0.3 is 0 Å². The van der Waals surface area contributed by atoms with Gasteiger partial charge in [0.1, 0.15) is 5.75 Å². The van der Waals surface area contributed by atoms with Crippen molar-refractivity contribution in [1.82, 2.24) is 5.32 Å². The van der Waals surface area contributed by atoms with Gasteiger partial charge in [0.05, 0.1) is 10.0 Å². The summed E-state index contributed by atoms with van der Waals surface area (Å²) in [5.41, 5.74) is 1.11. The fraction of sp³-hybridized carbons (Fsp3) is 0.261. The van der Waals surface area contributed by atoms with E-state index in [1.165, 1.54) is 0 Å². The van der Waals surface area contributed by atoms with Crippen LogP contribution >= 0.6 is 35.0 Å². The highest BCUT2D eigenvalue weighted by molar-refractivity contribution is 7.98. The number of thioether (sulfide) groups is 1. The number of amides is 1. The Balaban J connectivity index is 1.44. The molecule has 0 radical (unpaired) electrons. The van der Waals surface area contributed by atoms with Crippen LogP contribution < -0.4 is 10.1 Å². The maximum atomic E-state index is 12.5. The molecule has 0 fully saturated rings. The molecule has 0 aliphatic rings. The molecule has 0 aromatic heterocycles. The molecule has 3 rings (SSSR count). The van der Waals surface area contributed by atoms with Crippen LogP contribution in [0.25, 0.3) is 10.8 Å². The minimum atomic E-state index is -0.503. The maximum Gasteiger partial charge on any atom is 0.261 e. The molecule has 1 amide bonds. The Hall–Kier alpha value is -1.88. The lowest BCUT2D eigenvalue weighted by Gasteiger charge is -2.17. The Labute approximate surface area is 185 Å². The van der Waals surface area contributed by atoms with Crippen LogP contribution in [0.1, 0.15) is 18.9 Å². The first-order valence-electron chi connectivity index (χ1n) is 9.51. The lowest BCUT2D eigenvalue weighted by atomic mass is 10.1. The van der Waals surface area contributed by atoms with Crippen molar-refractivity contribution in [2.45, 2.75) is 25.2 Å². The summed E-state index contributed by atoms with van der Waals surface area (Å²) in [5, 5.41) is 6.34. The molecule has 1 atom stereocenters. The fourth-order valence-corrected chi connectivity index (χ4v) is 4.03. The van der Waals surface area contributed by atoms with Gasteiger partial charge in [-0.25, -0.2) is 0 Å². The zero-order valence-electron chi connectivity index (χ0n) is 16.2. The van der Waals surface area contributed by atoms with Crippen LogP contribution in [0.5, 0.6) is 5.75 Å². The topological polar surface area (TPSA) is 38.3 Å². The fourth-order valence-electron chi connectivity index (χ4n) is 2.91. The van der Waals surface area contributed by atoms with Crippen LogP contribution in [0, 0.1) is 0 Å². The predicted octanol–water partition coefficient (Wildman–Crippen LogP) is 6.35. The first-order valence-corrected chi connectivity index (χ1v) is 11.4.